The number of rotatable bonds is 10. The predicted octanol–water partition coefficient (Wildman–Crippen LogP) is 6.22. The number of carbonyl (C=O) groups excluding carboxylic acids is 1. The van der Waals surface area contributed by atoms with Crippen LogP contribution in [-0.2, 0) is 0 Å². The lowest BCUT2D eigenvalue weighted by Crippen LogP contribution is -2.47. The number of hydrogen-bond acceptors (Lipinski definition) is 7. The number of nitrogens with zero attached hydrogens (tertiary/aromatic N) is 4. The second kappa shape index (κ2) is 13.3. The number of pyridine rings is 1. The van der Waals surface area contributed by atoms with E-state index in [2.05, 4.69) is 9.88 Å². The van der Waals surface area contributed by atoms with E-state index in [1.165, 1.54) is 42.5 Å². The third kappa shape index (κ3) is 6.95. The lowest BCUT2D eigenvalue weighted by atomic mass is 9.87. The standard InChI is InChI=1S/C32H30F2N4O4/c33-25-13-9-23(10-14-25)27(24-11-15-26(34)16-12-24)6-4-18-36-19-21-37(22-20-36)31-28(5-3-17-35-31)32(39)42-30-8-2-1-7-29(30)38(40)41/h1-3,5,7-17,27H,4,6,18-22H2. The van der Waals surface area contributed by atoms with E-state index in [4.69, 9.17) is 4.74 Å². The Morgan fingerprint density at radius 3 is 2.12 bits per heavy atom. The summed E-state index contributed by atoms with van der Waals surface area (Å²) >= 11 is 0. The number of benzene rings is 3. The highest BCUT2D eigenvalue weighted by Crippen LogP contribution is 2.31. The van der Waals surface area contributed by atoms with Crippen molar-refractivity contribution in [1.82, 2.24) is 9.88 Å². The van der Waals surface area contributed by atoms with Crippen LogP contribution in [0.1, 0.15) is 40.2 Å². The summed E-state index contributed by atoms with van der Waals surface area (Å²) in [6.07, 6.45) is 3.31. The van der Waals surface area contributed by atoms with Crippen LogP contribution >= 0.6 is 0 Å². The highest BCUT2D eigenvalue weighted by atomic mass is 19.1. The summed E-state index contributed by atoms with van der Waals surface area (Å²) in [5, 5.41) is 11.3. The van der Waals surface area contributed by atoms with Crippen LogP contribution in [0.25, 0.3) is 0 Å². The fourth-order valence-corrected chi connectivity index (χ4v) is 5.28. The Hall–Kier alpha value is -4.70. The molecule has 5 rings (SSSR count). The first-order valence-electron chi connectivity index (χ1n) is 13.8. The number of carbonyl (C=O) groups is 1. The number of esters is 1. The van der Waals surface area contributed by atoms with Gasteiger partial charge in [0.25, 0.3) is 0 Å². The van der Waals surface area contributed by atoms with Gasteiger partial charge in [-0.3, -0.25) is 15.0 Å². The molecule has 0 unspecified atom stereocenters. The van der Waals surface area contributed by atoms with Crippen LogP contribution in [0.15, 0.2) is 91.1 Å². The molecule has 1 aliphatic rings. The topological polar surface area (TPSA) is 88.8 Å². The Morgan fingerprint density at radius 2 is 1.50 bits per heavy atom. The van der Waals surface area contributed by atoms with Gasteiger partial charge >= 0.3 is 11.7 Å². The van der Waals surface area contributed by atoms with E-state index < -0.39 is 10.9 Å². The zero-order valence-electron chi connectivity index (χ0n) is 22.9. The normalized spacial score (nSPS) is 13.7. The van der Waals surface area contributed by atoms with E-state index in [0.29, 0.717) is 18.9 Å². The fraction of sp³-hybridized carbons (Fsp3) is 0.250. The molecule has 1 aromatic heterocycles. The number of ether oxygens (including phenoxy) is 1. The number of anilines is 1. The van der Waals surface area contributed by atoms with Crippen molar-refractivity contribution < 1.29 is 23.2 Å². The molecule has 1 fully saturated rings. The summed E-state index contributed by atoms with van der Waals surface area (Å²) in [6, 6.07) is 21.9. The van der Waals surface area contributed by atoms with Gasteiger partial charge in [-0.25, -0.2) is 18.6 Å². The third-order valence-electron chi connectivity index (χ3n) is 7.45. The maximum atomic E-state index is 13.6. The molecule has 3 aromatic carbocycles. The van der Waals surface area contributed by atoms with Crippen molar-refractivity contribution in [2.75, 3.05) is 37.6 Å². The number of aromatic nitrogens is 1. The fourth-order valence-electron chi connectivity index (χ4n) is 5.28. The van der Waals surface area contributed by atoms with E-state index >= 15 is 0 Å². The molecule has 0 N–H and O–H groups in total. The van der Waals surface area contributed by atoms with Gasteiger partial charge in [0.15, 0.2) is 0 Å². The van der Waals surface area contributed by atoms with Gasteiger partial charge in [0.1, 0.15) is 23.0 Å². The number of piperazine rings is 1. The lowest BCUT2D eigenvalue weighted by Gasteiger charge is -2.36. The van der Waals surface area contributed by atoms with Crippen LogP contribution < -0.4 is 9.64 Å². The first-order chi connectivity index (χ1) is 20.4. The van der Waals surface area contributed by atoms with Crippen LogP contribution in [0.5, 0.6) is 5.75 Å². The average Bonchev–Trinajstić information content (AvgIpc) is 3.01. The van der Waals surface area contributed by atoms with Crippen molar-refractivity contribution in [3.63, 3.8) is 0 Å². The Morgan fingerprint density at radius 1 is 0.881 bits per heavy atom. The summed E-state index contributed by atoms with van der Waals surface area (Å²) in [6.45, 7) is 3.64. The number of para-hydroxylation sites is 2. The second-order valence-electron chi connectivity index (χ2n) is 10.1. The van der Waals surface area contributed by atoms with Crippen molar-refractivity contribution in [3.8, 4) is 5.75 Å². The summed E-state index contributed by atoms with van der Waals surface area (Å²) < 4.78 is 32.5. The summed E-state index contributed by atoms with van der Waals surface area (Å²) in [5.74, 6) is -0.905. The van der Waals surface area contributed by atoms with Gasteiger partial charge in [0.2, 0.25) is 5.75 Å². The van der Waals surface area contributed by atoms with E-state index in [9.17, 15) is 23.7 Å². The highest BCUT2D eigenvalue weighted by Gasteiger charge is 2.25. The van der Waals surface area contributed by atoms with Crippen molar-refractivity contribution in [2.45, 2.75) is 18.8 Å². The molecular weight excluding hydrogens is 542 g/mol. The molecule has 4 aromatic rings. The van der Waals surface area contributed by atoms with Crippen LogP contribution in [0.3, 0.4) is 0 Å². The monoisotopic (exact) mass is 572 g/mol. The average molecular weight is 573 g/mol. The lowest BCUT2D eigenvalue weighted by molar-refractivity contribution is -0.385. The molecule has 0 aliphatic carbocycles. The van der Waals surface area contributed by atoms with Gasteiger partial charge < -0.3 is 9.64 Å². The molecule has 0 bridgehead atoms. The zero-order chi connectivity index (χ0) is 29.5. The van der Waals surface area contributed by atoms with E-state index in [0.717, 1.165) is 43.6 Å². The van der Waals surface area contributed by atoms with Gasteiger partial charge in [-0.05, 0) is 73.0 Å². The Kier molecular flexibility index (Phi) is 9.13. The maximum Gasteiger partial charge on any atom is 0.347 e. The summed E-state index contributed by atoms with van der Waals surface area (Å²) in [7, 11) is 0. The van der Waals surface area contributed by atoms with Crippen LogP contribution in [0.2, 0.25) is 0 Å². The molecule has 2 heterocycles. The molecule has 0 spiro atoms. The smallest absolute Gasteiger partial charge is 0.347 e. The molecule has 10 heteroatoms. The van der Waals surface area contributed by atoms with Gasteiger partial charge in [-0.2, -0.15) is 0 Å². The molecule has 1 saturated heterocycles. The molecule has 0 saturated carbocycles. The number of nitro benzene ring substituents is 1. The minimum Gasteiger partial charge on any atom is -0.415 e. The van der Waals surface area contributed by atoms with Gasteiger partial charge in [-0.15, -0.1) is 0 Å². The third-order valence-corrected chi connectivity index (χ3v) is 7.45. The van der Waals surface area contributed by atoms with E-state index in [1.807, 2.05) is 4.90 Å². The van der Waals surface area contributed by atoms with Crippen molar-refractivity contribution in [1.29, 1.82) is 0 Å². The van der Waals surface area contributed by atoms with Gasteiger partial charge in [-0.1, -0.05) is 36.4 Å². The van der Waals surface area contributed by atoms with Gasteiger partial charge in [0.05, 0.1) is 4.92 Å². The SMILES string of the molecule is O=C(Oc1ccccc1[N+](=O)[O-])c1cccnc1N1CCN(CCCC(c2ccc(F)cc2)c2ccc(F)cc2)CC1. The van der Waals surface area contributed by atoms with Crippen LogP contribution in [-0.4, -0.2) is 53.5 Å². The Bertz CT molecular complexity index is 1480. The van der Waals surface area contributed by atoms with E-state index in [-0.39, 0.29) is 34.6 Å². The van der Waals surface area contributed by atoms with Crippen molar-refractivity contribution >= 4 is 17.5 Å². The second-order valence-corrected chi connectivity index (χ2v) is 10.1. The largest absolute Gasteiger partial charge is 0.415 e. The molecule has 1 aliphatic heterocycles. The molecule has 216 valence electrons. The minimum atomic E-state index is -0.706. The quantitative estimate of drug-likeness (QED) is 0.0965. The number of halogens is 2. The summed E-state index contributed by atoms with van der Waals surface area (Å²) in [4.78, 5) is 32.6. The predicted molar refractivity (Wildman–Crippen MR) is 155 cm³/mol. The van der Waals surface area contributed by atoms with Crippen molar-refractivity contribution in [2.24, 2.45) is 0 Å². The van der Waals surface area contributed by atoms with Gasteiger partial charge in [0, 0.05) is 44.4 Å². The van der Waals surface area contributed by atoms with Crippen LogP contribution in [0.4, 0.5) is 20.3 Å². The first-order valence-corrected chi connectivity index (χ1v) is 13.8. The summed E-state index contributed by atoms with van der Waals surface area (Å²) in [5.41, 5.74) is 1.93. The maximum absolute atomic E-state index is 13.6. The Balaban J connectivity index is 1.19. The highest BCUT2D eigenvalue weighted by molar-refractivity contribution is 5.96. The molecule has 8 nitrogen and oxygen atoms in total. The first kappa shape index (κ1) is 28.8. The van der Waals surface area contributed by atoms with Crippen molar-refractivity contribution in [3.05, 3.63) is 130 Å². The molecule has 42 heavy (non-hydrogen) atoms. The molecule has 0 atom stereocenters. The number of hydrogen-bond donors (Lipinski definition) is 0. The zero-order valence-corrected chi connectivity index (χ0v) is 22.9. The Labute approximate surface area is 242 Å². The minimum absolute atomic E-state index is 0.0232. The molecule has 0 radical (unpaired) electrons. The van der Waals surface area contributed by atoms with E-state index in [1.54, 1.807) is 48.7 Å². The number of nitro groups is 1. The van der Waals surface area contributed by atoms with Crippen LogP contribution in [0, 0.1) is 21.7 Å². The molecule has 0 amide bonds. The molecular formula is C32H30F2N4O4.